The third kappa shape index (κ3) is 4.01. The van der Waals surface area contributed by atoms with Crippen LogP contribution in [0.4, 0.5) is 5.69 Å². The number of nitrogens with one attached hydrogen (secondary N) is 2. The van der Waals surface area contributed by atoms with Gasteiger partial charge in [0.05, 0.1) is 0 Å². The van der Waals surface area contributed by atoms with Crippen LogP contribution >= 0.6 is 0 Å². The summed E-state index contributed by atoms with van der Waals surface area (Å²) in [5.41, 5.74) is 9.65. The Morgan fingerprint density at radius 2 is 1.77 bits per heavy atom. The molecule has 0 radical (unpaired) electrons. The minimum absolute atomic E-state index is 0.554. The summed E-state index contributed by atoms with van der Waals surface area (Å²) in [5.74, 6) is 0.876. The normalized spacial score (nSPS) is 18.4. The number of nitrogens with zero attached hydrogens (tertiary/aromatic N) is 1. The van der Waals surface area contributed by atoms with Gasteiger partial charge in [0.2, 0.25) is 0 Å². The number of fused-ring (bicyclic) bond motifs is 2. The van der Waals surface area contributed by atoms with Crippen LogP contribution < -0.4 is 10.6 Å². The highest BCUT2D eigenvalue weighted by Crippen LogP contribution is 2.37. The van der Waals surface area contributed by atoms with Gasteiger partial charge in [0.15, 0.2) is 0 Å². The van der Waals surface area contributed by atoms with E-state index in [1.807, 2.05) is 0 Å². The zero-order valence-electron chi connectivity index (χ0n) is 18.5. The van der Waals surface area contributed by atoms with Crippen LogP contribution in [0.1, 0.15) is 66.3 Å². The Bertz CT molecular complexity index is 1040. The number of hydrogen-bond acceptors (Lipinski definition) is 3. The van der Waals surface area contributed by atoms with E-state index in [4.69, 9.17) is 0 Å². The smallest absolute Gasteiger partial charge is 0.103 e. The van der Waals surface area contributed by atoms with E-state index in [9.17, 15) is 0 Å². The highest BCUT2D eigenvalue weighted by molar-refractivity contribution is 5.82. The molecule has 2 aliphatic carbocycles. The van der Waals surface area contributed by atoms with Gasteiger partial charge in [0.1, 0.15) is 5.82 Å². The summed E-state index contributed by atoms with van der Waals surface area (Å²) in [5, 5.41) is 7.16. The predicted molar refractivity (Wildman–Crippen MR) is 131 cm³/mol. The first-order valence-electron chi connectivity index (χ1n) is 11.7. The Kier molecular flexibility index (Phi) is 5.35. The standard InChI is InChI=1S/C28H33N3/c1-19(29-26-10-5-4-6-11-26)24-14-15-27-20(2)31(21(3)30-28(27)17-24)18-22-12-13-23-8-7-9-25(23)16-22/h12-17,26,29-30H,1-11,18H2. The molecular formula is C28H33N3. The molecule has 1 heterocycles. The molecule has 2 aromatic carbocycles. The molecular weight excluding hydrogens is 378 g/mol. The first-order chi connectivity index (χ1) is 15.1. The molecule has 2 N–H and O–H groups in total. The van der Waals surface area contributed by atoms with Crippen LogP contribution in [0, 0.1) is 0 Å². The summed E-state index contributed by atoms with van der Waals surface area (Å²) in [4.78, 5) is 2.19. The van der Waals surface area contributed by atoms with Crippen LogP contribution in [0.2, 0.25) is 0 Å². The molecule has 1 aliphatic heterocycles. The predicted octanol–water partition coefficient (Wildman–Crippen LogP) is 6.44. The minimum Gasteiger partial charge on any atom is -0.382 e. The van der Waals surface area contributed by atoms with Crippen LogP contribution in [0.15, 0.2) is 62.0 Å². The monoisotopic (exact) mass is 411 g/mol. The lowest BCUT2D eigenvalue weighted by Crippen LogP contribution is -2.30. The van der Waals surface area contributed by atoms with E-state index in [1.165, 1.54) is 68.1 Å². The van der Waals surface area contributed by atoms with Crippen molar-refractivity contribution >= 4 is 17.1 Å². The Hall–Kier alpha value is -2.94. The van der Waals surface area contributed by atoms with Gasteiger partial charge in [-0.3, -0.25) is 0 Å². The Morgan fingerprint density at radius 1 is 0.968 bits per heavy atom. The molecule has 3 aliphatic rings. The van der Waals surface area contributed by atoms with Gasteiger partial charge in [-0.05, 0) is 60.4 Å². The number of benzene rings is 2. The van der Waals surface area contributed by atoms with E-state index < -0.39 is 0 Å². The van der Waals surface area contributed by atoms with Crippen molar-refractivity contribution in [2.24, 2.45) is 0 Å². The lowest BCUT2D eigenvalue weighted by atomic mass is 9.94. The number of anilines is 1. The highest BCUT2D eigenvalue weighted by Gasteiger charge is 2.24. The van der Waals surface area contributed by atoms with E-state index in [0.717, 1.165) is 40.6 Å². The van der Waals surface area contributed by atoms with Crippen molar-refractivity contribution in [2.75, 3.05) is 5.32 Å². The fourth-order valence-corrected chi connectivity index (χ4v) is 5.29. The van der Waals surface area contributed by atoms with E-state index in [2.05, 4.69) is 71.7 Å². The third-order valence-electron chi connectivity index (χ3n) is 7.10. The maximum Gasteiger partial charge on any atom is 0.103 e. The summed E-state index contributed by atoms with van der Waals surface area (Å²) in [6.45, 7) is 13.8. The number of hydrogen-bond donors (Lipinski definition) is 2. The first kappa shape index (κ1) is 20.0. The van der Waals surface area contributed by atoms with E-state index >= 15 is 0 Å². The van der Waals surface area contributed by atoms with Crippen LogP contribution in [0.5, 0.6) is 0 Å². The fourth-order valence-electron chi connectivity index (χ4n) is 5.29. The van der Waals surface area contributed by atoms with Crippen LogP contribution in [0.25, 0.3) is 11.4 Å². The van der Waals surface area contributed by atoms with Crippen molar-refractivity contribution in [1.29, 1.82) is 0 Å². The third-order valence-corrected chi connectivity index (χ3v) is 7.10. The quantitative estimate of drug-likeness (QED) is 0.593. The van der Waals surface area contributed by atoms with Gasteiger partial charge in [-0.15, -0.1) is 0 Å². The second-order valence-electron chi connectivity index (χ2n) is 9.28. The summed E-state index contributed by atoms with van der Waals surface area (Å²) in [6, 6.07) is 14.0. The van der Waals surface area contributed by atoms with Crippen LogP contribution in [-0.4, -0.2) is 10.9 Å². The molecule has 31 heavy (non-hydrogen) atoms. The van der Waals surface area contributed by atoms with E-state index in [1.54, 1.807) is 0 Å². The average Bonchev–Trinajstić information content (AvgIpc) is 3.25. The van der Waals surface area contributed by atoms with E-state index in [0.29, 0.717) is 6.04 Å². The molecule has 160 valence electrons. The molecule has 0 saturated heterocycles. The lowest BCUT2D eigenvalue weighted by Gasteiger charge is -2.35. The summed E-state index contributed by atoms with van der Waals surface area (Å²) in [7, 11) is 0. The molecule has 0 amide bonds. The van der Waals surface area contributed by atoms with Gasteiger partial charge < -0.3 is 15.5 Å². The lowest BCUT2D eigenvalue weighted by molar-refractivity contribution is 0.409. The molecule has 3 heteroatoms. The van der Waals surface area contributed by atoms with E-state index in [-0.39, 0.29) is 0 Å². The van der Waals surface area contributed by atoms with Crippen molar-refractivity contribution in [1.82, 2.24) is 10.2 Å². The van der Waals surface area contributed by atoms with Gasteiger partial charge in [-0.2, -0.15) is 0 Å². The molecule has 5 rings (SSSR count). The van der Waals surface area contributed by atoms with Crippen LogP contribution in [0.3, 0.4) is 0 Å². The maximum atomic E-state index is 4.41. The van der Waals surface area contributed by atoms with Crippen molar-refractivity contribution in [3.05, 3.63) is 89.8 Å². The molecule has 0 bridgehead atoms. The summed E-state index contributed by atoms with van der Waals surface area (Å²) in [6.07, 6.45) is 10.2. The molecule has 2 aromatic rings. The van der Waals surface area contributed by atoms with Crippen molar-refractivity contribution in [3.8, 4) is 0 Å². The van der Waals surface area contributed by atoms with Gasteiger partial charge in [0, 0.05) is 35.2 Å². The van der Waals surface area contributed by atoms with Crippen LogP contribution in [-0.2, 0) is 19.4 Å². The molecule has 1 fully saturated rings. The fraction of sp³-hybridized carbons (Fsp3) is 0.357. The zero-order valence-corrected chi connectivity index (χ0v) is 18.5. The van der Waals surface area contributed by atoms with Gasteiger partial charge in [0.25, 0.3) is 0 Å². The van der Waals surface area contributed by atoms with Gasteiger partial charge >= 0.3 is 0 Å². The van der Waals surface area contributed by atoms with Gasteiger partial charge in [-0.25, -0.2) is 0 Å². The summed E-state index contributed by atoms with van der Waals surface area (Å²) >= 11 is 0. The van der Waals surface area contributed by atoms with Crippen molar-refractivity contribution in [2.45, 2.75) is 64.0 Å². The number of aryl methyl sites for hydroxylation is 2. The molecule has 0 atom stereocenters. The second-order valence-corrected chi connectivity index (χ2v) is 9.28. The zero-order chi connectivity index (χ0) is 21.4. The van der Waals surface area contributed by atoms with Crippen molar-refractivity contribution < 1.29 is 0 Å². The average molecular weight is 412 g/mol. The Balaban J connectivity index is 1.32. The SMILES string of the molecule is C=C(NC1CCCCC1)c1ccc2c(c1)NC(=C)N(Cc1ccc3c(c1)CCC3)C2=C. The minimum atomic E-state index is 0.554. The molecule has 0 aromatic heterocycles. The highest BCUT2D eigenvalue weighted by atomic mass is 15.3. The topological polar surface area (TPSA) is 27.3 Å². The van der Waals surface area contributed by atoms with Gasteiger partial charge in [-0.1, -0.05) is 69.3 Å². The summed E-state index contributed by atoms with van der Waals surface area (Å²) < 4.78 is 0. The molecule has 0 spiro atoms. The largest absolute Gasteiger partial charge is 0.382 e. The molecule has 1 saturated carbocycles. The Labute approximate surface area is 186 Å². The number of rotatable bonds is 5. The first-order valence-corrected chi connectivity index (χ1v) is 11.7. The molecule has 0 unspecified atom stereocenters. The maximum absolute atomic E-state index is 4.41. The second kappa shape index (κ2) is 8.30. The van der Waals surface area contributed by atoms with Crippen molar-refractivity contribution in [3.63, 3.8) is 0 Å². The molecule has 3 nitrogen and oxygen atoms in total. The Morgan fingerprint density at radius 3 is 2.61 bits per heavy atom.